The predicted molar refractivity (Wildman–Crippen MR) is 58.5 cm³/mol. The van der Waals surface area contributed by atoms with E-state index in [9.17, 15) is 13.2 Å². The second kappa shape index (κ2) is 5.95. The Hall–Kier alpha value is -1.17. The second-order valence-electron chi connectivity index (χ2n) is 3.79. The minimum Gasteiger partial charge on any atom is -0.313 e. The Balaban J connectivity index is 2.62. The zero-order valence-corrected chi connectivity index (χ0v) is 9.93. The van der Waals surface area contributed by atoms with Crippen molar-refractivity contribution in [3.63, 3.8) is 0 Å². The van der Waals surface area contributed by atoms with E-state index in [1.54, 1.807) is 13.1 Å². The summed E-state index contributed by atoms with van der Waals surface area (Å²) in [6, 6.07) is 0. The summed E-state index contributed by atoms with van der Waals surface area (Å²) in [5.74, 6) is 0.250. The number of rotatable bonds is 5. The highest BCUT2D eigenvalue weighted by Gasteiger charge is 2.27. The fourth-order valence-corrected chi connectivity index (χ4v) is 1.35. The highest BCUT2D eigenvalue weighted by atomic mass is 19.4. The average molecular weight is 247 g/mol. The number of hydrogen-bond donors (Lipinski definition) is 1. The Morgan fingerprint density at radius 3 is 2.59 bits per heavy atom. The van der Waals surface area contributed by atoms with Gasteiger partial charge in [0, 0.05) is 30.4 Å². The van der Waals surface area contributed by atoms with Crippen molar-refractivity contribution in [1.82, 2.24) is 15.3 Å². The van der Waals surface area contributed by atoms with Crippen LogP contribution in [0.15, 0.2) is 6.20 Å². The van der Waals surface area contributed by atoms with Gasteiger partial charge in [-0.15, -0.1) is 0 Å². The molecule has 1 N–H and O–H groups in total. The Labute approximate surface area is 98.5 Å². The lowest BCUT2D eigenvalue weighted by Crippen LogP contribution is -2.15. The van der Waals surface area contributed by atoms with Gasteiger partial charge in [0.2, 0.25) is 0 Å². The van der Waals surface area contributed by atoms with Crippen LogP contribution in [0.25, 0.3) is 0 Å². The van der Waals surface area contributed by atoms with Gasteiger partial charge in [-0.3, -0.25) is 0 Å². The number of nitrogens with zero attached hydrogens (tertiary/aromatic N) is 2. The fourth-order valence-electron chi connectivity index (χ4n) is 1.35. The molecule has 3 nitrogen and oxygen atoms in total. The Kier molecular flexibility index (Phi) is 4.86. The van der Waals surface area contributed by atoms with E-state index in [0.717, 1.165) is 17.8 Å². The molecule has 17 heavy (non-hydrogen) atoms. The summed E-state index contributed by atoms with van der Waals surface area (Å²) in [6.45, 7) is 5.23. The first-order valence-corrected chi connectivity index (χ1v) is 5.51. The molecule has 1 aromatic heterocycles. The lowest BCUT2D eigenvalue weighted by atomic mass is 10.2. The van der Waals surface area contributed by atoms with Crippen LogP contribution in [0.4, 0.5) is 13.2 Å². The van der Waals surface area contributed by atoms with Crippen LogP contribution in [0.5, 0.6) is 0 Å². The van der Waals surface area contributed by atoms with E-state index in [-0.39, 0.29) is 12.2 Å². The third-order valence-electron chi connectivity index (χ3n) is 2.33. The number of hydrogen-bond acceptors (Lipinski definition) is 3. The van der Waals surface area contributed by atoms with Gasteiger partial charge in [-0.1, -0.05) is 6.92 Å². The molecule has 1 rings (SSSR count). The molecule has 0 spiro atoms. The quantitative estimate of drug-likeness (QED) is 0.868. The first kappa shape index (κ1) is 13.9. The van der Waals surface area contributed by atoms with E-state index in [1.165, 1.54) is 0 Å². The van der Waals surface area contributed by atoms with Gasteiger partial charge in [-0.05, 0) is 13.5 Å². The Bertz CT molecular complexity index is 363. The van der Waals surface area contributed by atoms with E-state index in [2.05, 4.69) is 15.3 Å². The molecule has 0 bridgehead atoms. The molecule has 0 amide bonds. The van der Waals surface area contributed by atoms with Crippen molar-refractivity contribution in [3.8, 4) is 0 Å². The third-order valence-corrected chi connectivity index (χ3v) is 2.33. The average Bonchev–Trinajstić information content (AvgIpc) is 2.24. The Morgan fingerprint density at radius 2 is 2.06 bits per heavy atom. The molecule has 0 aliphatic carbocycles. The molecule has 6 heteroatoms. The second-order valence-corrected chi connectivity index (χ2v) is 3.79. The summed E-state index contributed by atoms with van der Waals surface area (Å²) < 4.78 is 36.1. The van der Waals surface area contributed by atoms with Gasteiger partial charge in [0.15, 0.2) is 0 Å². The molecule has 0 aliphatic heterocycles. The lowest BCUT2D eigenvalue weighted by Gasteiger charge is -2.08. The number of nitrogens with one attached hydrogen (secondary N) is 1. The molecule has 1 heterocycles. The largest absolute Gasteiger partial charge is 0.389 e. The normalized spacial score (nSPS) is 11.8. The molecule has 0 aromatic carbocycles. The van der Waals surface area contributed by atoms with Gasteiger partial charge >= 0.3 is 6.18 Å². The van der Waals surface area contributed by atoms with Crippen molar-refractivity contribution in [2.45, 2.75) is 39.4 Å². The van der Waals surface area contributed by atoms with Crippen LogP contribution in [0.2, 0.25) is 0 Å². The zero-order chi connectivity index (χ0) is 12.9. The molecule has 0 radical (unpaired) electrons. The van der Waals surface area contributed by atoms with Gasteiger partial charge in [0.25, 0.3) is 0 Å². The predicted octanol–water partition coefficient (Wildman–Crippen LogP) is 2.39. The van der Waals surface area contributed by atoms with Crippen LogP contribution in [0.1, 0.15) is 30.4 Å². The SMILES string of the molecule is CCNCc1cnc(CCC(F)(F)F)nc1C. The number of aromatic nitrogens is 2. The standard InChI is InChI=1S/C11H16F3N3/c1-3-15-6-9-7-16-10(17-8(9)2)4-5-11(12,13)14/h7,15H,3-6H2,1-2H3. The van der Waals surface area contributed by atoms with Crippen molar-refractivity contribution in [2.24, 2.45) is 0 Å². The van der Waals surface area contributed by atoms with Crippen LogP contribution < -0.4 is 5.32 Å². The van der Waals surface area contributed by atoms with Crippen molar-refractivity contribution in [2.75, 3.05) is 6.54 Å². The van der Waals surface area contributed by atoms with Gasteiger partial charge in [-0.2, -0.15) is 13.2 Å². The molecule has 0 saturated heterocycles. The van der Waals surface area contributed by atoms with Gasteiger partial charge < -0.3 is 5.32 Å². The highest BCUT2D eigenvalue weighted by Crippen LogP contribution is 2.21. The summed E-state index contributed by atoms with van der Waals surface area (Å²) in [5, 5.41) is 3.12. The van der Waals surface area contributed by atoms with Crippen LogP contribution in [-0.2, 0) is 13.0 Å². The minimum absolute atomic E-state index is 0.161. The smallest absolute Gasteiger partial charge is 0.313 e. The third kappa shape index (κ3) is 5.12. The first-order valence-electron chi connectivity index (χ1n) is 5.51. The van der Waals surface area contributed by atoms with Crippen molar-refractivity contribution >= 4 is 0 Å². The van der Waals surface area contributed by atoms with E-state index in [1.807, 2.05) is 6.92 Å². The number of halogens is 3. The van der Waals surface area contributed by atoms with Crippen LogP contribution in [0.3, 0.4) is 0 Å². The molecule has 0 saturated carbocycles. The van der Waals surface area contributed by atoms with E-state index in [4.69, 9.17) is 0 Å². The number of alkyl halides is 3. The summed E-state index contributed by atoms with van der Waals surface area (Å²) >= 11 is 0. The maximum atomic E-state index is 12.0. The van der Waals surface area contributed by atoms with E-state index in [0.29, 0.717) is 6.54 Å². The van der Waals surface area contributed by atoms with Gasteiger partial charge in [0.05, 0.1) is 6.42 Å². The molecular formula is C11H16F3N3. The summed E-state index contributed by atoms with van der Waals surface area (Å²) in [6.07, 6.45) is -3.60. The van der Waals surface area contributed by atoms with Crippen LogP contribution in [0, 0.1) is 6.92 Å². The Morgan fingerprint density at radius 1 is 1.35 bits per heavy atom. The van der Waals surface area contributed by atoms with Crippen molar-refractivity contribution in [3.05, 3.63) is 23.3 Å². The highest BCUT2D eigenvalue weighted by molar-refractivity contribution is 5.16. The molecular weight excluding hydrogens is 231 g/mol. The summed E-state index contributed by atoms with van der Waals surface area (Å²) in [5.41, 5.74) is 1.65. The molecule has 0 unspecified atom stereocenters. The fraction of sp³-hybridized carbons (Fsp3) is 0.636. The van der Waals surface area contributed by atoms with Crippen molar-refractivity contribution < 1.29 is 13.2 Å². The molecule has 0 fully saturated rings. The maximum absolute atomic E-state index is 12.0. The molecule has 1 aromatic rings. The van der Waals surface area contributed by atoms with Gasteiger partial charge in [-0.25, -0.2) is 9.97 Å². The van der Waals surface area contributed by atoms with E-state index >= 15 is 0 Å². The molecule has 0 aliphatic rings. The molecule has 0 atom stereocenters. The monoisotopic (exact) mass is 247 g/mol. The minimum atomic E-state index is -4.15. The van der Waals surface area contributed by atoms with Crippen molar-refractivity contribution in [1.29, 1.82) is 0 Å². The number of aryl methyl sites for hydroxylation is 2. The molecule has 96 valence electrons. The zero-order valence-electron chi connectivity index (χ0n) is 9.93. The van der Waals surface area contributed by atoms with E-state index < -0.39 is 12.6 Å². The van der Waals surface area contributed by atoms with Crippen LogP contribution >= 0.6 is 0 Å². The summed E-state index contributed by atoms with van der Waals surface area (Å²) in [4.78, 5) is 8.02. The summed E-state index contributed by atoms with van der Waals surface area (Å²) in [7, 11) is 0. The van der Waals surface area contributed by atoms with Gasteiger partial charge in [0.1, 0.15) is 5.82 Å². The maximum Gasteiger partial charge on any atom is 0.389 e. The first-order chi connectivity index (χ1) is 7.92. The lowest BCUT2D eigenvalue weighted by molar-refractivity contribution is -0.134. The topological polar surface area (TPSA) is 37.8 Å². The van der Waals surface area contributed by atoms with Crippen LogP contribution in [-0.4, -0.2) is 22.7 Å².